The van der Waals surface area contributed by atoms with E-state index in [1.807, 2.05) is 0 Å². The molecule has 0 bridgehead atoms. The molecule has 17 heavy (non-hydrogen) atoms. The van der Waals surface area contributed by atoms with E-state index in [1.54, 1.807) is 0 Å². The lowest BCUT2D eigenvalue weighted by molar-refractivity contribution is -0.0574. The van der Waals surface area contributed by atoms with Crippen LogP contribution in [0.5, 0.6) is 5.75 Å². The Morgan fingerprint density at radius 3 is 2.76 bits per heavy atom. The minimum absolute atomic E-state index is 0.0567. The molecule has 0 radical (unpaired) electrons. The number of hydrogen-bond acceptors (Lipinski definition) is 2. The van der Waals surface area contributed by atoms with Gasteiger partial charge in [0.05, 0.1) is 12.1 Å². The number of rotatable bonds is 3. The van der Waals surface area contributed by atoms with Crippen LogP contribution in [0.25, 0.3) is 0 Å². The molecule has 0 amide bonds. The molecule has 1 aromatic rings. The number of ether oxygens (including phenoxy) is 1. The molecule has 1 saturated heterocycles. The van der Waals surface area contributed by atoms with Gasteiger partial charge in [0.1, 0.15) is 5.75 Å². The van der Waals surface area contributed by atoms with Crippen LogP contribution < -0.4 is 10.1 Å². The third kappa shape index (κ3) is 2.38. The molecular weight excluding hydrogens is 248 g/mol. The minimum atomic E-state index is -2.90. The number of hydrogen-bond donors (Lipinski definition) is 1. The van der Waals surface area contributed by atoms with Gasteiger partial charge in [-0.3, -0.25) is 0 Å². The van der Waals surface area contributed by atoms with Gasteiger partial charge < -0.3 is 10.1 Å². The average molecular weight is 262 g/mol. The van der Waals surface area contributed by atoms with Gasteiger partial charge >= 0.3 is 0 Å². The van der Waals surface area contributed by atoms with Gasteiger partial charge in [-0.05, 0) is 31.2 Å². The number of alkyl halides is 2. The summed E-state index contributed by atoms with van der Waals surface area (Å²) in [5, 5.41) is 3.00. The molecule has 1 unspecified atom stereocenters. The van der Waals surface area contributed by atoms with E-state index in [0.717, 1.165) is 0 Å². The van der Waals surface area contributed by atoms with Crippen molar-refractivity contribution in [3.05, 3.63) is 28.8 Å². The normalized spacial score (nSPS) is 20.6. The summed E-state index contributed by atoms with van der Waals surface area (Å²) in [4.78, 5) is 0. The van der Waals surface area contributed by atoms with Gasteiger partial charge in [-0.25, -0.2) is 8.78 Å². The molecule has 1 heterocycles. The van der Waals surface area contributed by atoms with Crippen molar-refractivity contribution in [3.63, 3.8) is 0 Å². The van der Waals surface area contributed by atoms with Gasteiger partial charge in [0.25, 0.3) is 5.92 Å². The molecule has 1 fully saturated rings. The van der Waals surface area contributed by atoms with Crippen LogP contribution in [-0.2, 0) is 5.92 Å². The van der Waals surface area contributed by atoms with Crippen LogP contribution in [0.15, 0.2) is 18.2 Å². The van der Waals surface area contributed by atoms with E-state index in [0.29, 0.717) is 25.3 Å². The SMILES string of the molecule is COc1ccc(C(F)(F)C2CCNC2)c(Cl)c1. The third-order valence-corrected chi connectivity index (χ3v) is 3.42. The highest BCUT2D eigenvalue weighted by atomic mass is 35.5. The lowest BCUT2D eigenvalue weighted by Crippen LogP contribution is -2.28. The Morgan fingerprint density at radius 1 is 1.47 bits per heavy atom. The Bertz CT molecular complexity index is 405. The standard InChI is InChI=1S/C12H14ClF2NO/c1-17-9-2-3-10(11(13)6-9)12(14,15)8-4-5-16-7-8/h2-3,6,8,16H,4-5,7H2,1H3. The Hall–Kier alpha value is -0.870. The maximum absolute atomic E-state index is 14.2. The van der Waals surface area contributed by atoms with Crippen LogP contribution in [0.4, 0.5) is 8.78 Å². The first-order valence-electron chi connectivity index (χ1n) is 5.48. The predicted molar refractivity (Wildman–Crippen MR) is 62.9 cm³/mol. The summed E-state index contributed by atoms with van der Waals surface area (Å²) in [6.45, 7) is 0.962. The van der Waals surface area contributed by atoms with E-state index >= 15 is 0 Å². The van der Waals surface area contributed by atoms with Crippen LogP contribution in [-0.4, -0.2) is 20.2 Å². The quantitative estimate of drug-likeness (QED) is 0.903. The third-order valence-electron chi connectivity index (χ3n) is 3.11. The molecule has 5 heteroatoms. The summed E-state index contributed by atoms with van der Waals surface area (Å²) < 4.78 is 33.3. The molecule has 0 spiro atoms. The second-order valence-electron chi connectivity index (χ2n) is 4.16. The lowest BCUT2D eigenvalue weighted by Gasteiger charge is -2.24. The van der Waals surface area contributed by atoms with Crippen LogP contribution >= 0.6 is 11.6 Å². The first-order chi connectivity index (χ1) is 8.05. The molecule has 1 aliphatic heterocycles. The molecule has 2 rings (SSSR count). The molecule has 94 valence electrons. The molecule has 0 aromatic heterocycles. The first kappa shape index (κ1) is 12.6. The number of benzene rings is 1. The van der Waals surface area contributed by atoms with Crippen molar-refractivity contribution in [3.8, 4) is 5.75 Å². The molecule has 2 nitrogen and oxygen atoms in total. The second kappa shape index (κ2) is 4.78. The van der Waals surface area contributed by atoms with E-state index < -0.39 is 11.8 Å². The van der Waals surface area contributed by atoms with Crippen molar-refractivity contribution in [2.24, 2.45) is 5.92 Å². The monoisotopic (exact) mass is 261 g/mol. The maximum atomic E-state index is 14.2. The highest BCUT2D eigenvalue weighted by molar-refractivity contribution is 6.31. The van der Waals surface area contributed by atoms with Crippen molar-refractivity contribution in [1.29, 1.82) is 0 Å². The maximum Gasteiger partial charge on any atom is 0.278 e. The Labute approximate surface area is 104 Å². The molecular formula is C12H14ClF2NO. The van der Waals surface area contributed by atoms with Crippen LogP contribution in [0, 0.1) is 5.92 Å². The minimum Gasteiger partial charge on any atom is -0.497 e. The number of halogens is 3. The van der Waals surface area contributed by atoms with Crippen LogP contribution in [0.1, 0.15) is 12.0 Å². The van der Waals surface area contributed by atoms with Crippen molar-refractivity contribution < 1.29 is 13.5 Å². The zero-order valence-corrected chi connectivity index (χ0v) is 10.2. The zero-order chi connectivity index (χ0) is 12.5. The van der Waals surface area contributed by atoms with E-state index in [4.69, 9.17) is 16.3 Å². The predicted octanol–water partition coefficient (Wildman–Crippen LogP) is 3.05. The molecule has 1 N–H and O–H groups in total. The van der Waals surface area contributed by atoms with E-state index in [-0.39, 0.29) is 10.6 Å². The van der Waals surface area contributed by atoms with Gasteiger partial charge in [-0.1, -0.05) is 11.6 Å². The van der Waals surface area contributed by atoms with Gasteiger partial charge in [-0.2, -0.15) is 0 Å². The molecule has 1 aromatic carbocycles. The Kier molecular flexibility index (Phi) is 3.54. The molecule has 1 atom stereocenters. The topological polar surface area (TPSA) is 21.3 Å². The van der Waals surface area contributed by atoms with Crippen molar-refractivity contribution in [2.75, 3.05) is 20.2 Å². The molecule has 1 aliphatic rings. The largest absolute Gasteiger partial charge is 0.497 e. The Balaban J connectivity index is 2.31. The van der Waals surface area contributed by atoms with Gasteiger partial charge in [0, 0.05) is 18.0 Å². The fourth-order valence-electron chi connectivity index (χ4n) is 2.08. The highest BCUT2D eigenvalue weighted by Crippen LogP contribution is 2.42. The van der Waals surface area contributed by atoms with Crippen molar-refractivity contribution >= 4 is 11.6 Å². The van der Waals surface area contributed by atoms with Crippen LogP contribution in [0.3, 0.4) is 0 Å². The summed E-state index contributed by atoms with van der Waals surface area (Å²) in [6, 6.07) is 4.28. The number of methoxy groups -OCH3 is 1. The summed E-state index contributed by atoms with van der Waals surface area (Å²) in [5.41, 5.74) is -0.117. The fraction of sp³-hybridized carbons (Fsp3) is 0.500. The summed E-state index contributed by atoms with van der Waals surface area (Å²) in [6.07, 6.45) is 0.468. The smallest absolute Gasteiger partial charge is 0.278 e. The molecule has 0 aliphatic carbocycles. The molecule has 0 saturated carbocycles. The number of nitrogens with one attached hydrogen (secondary N) is 1. The highest BCUT2D eigenvalue weighted by Gasteiger charge is 2.43. The fourth-order valence-corrected chi connectivity index (χ4v) is 2.37. The average Bonchev–Trinajstić information content (AvgIpc) is 2.82. The summed E-state index contributed by atoms with van der Waals surface area (Å²) >= 11 is 5.89. The van der Waals surface area contributed by atoms with Crippen molar-refractivity contribution in [1.82, 2.24) is 5.32 Å². The second-order valence-corrected chi connectivity index (χ2v) is 4.57. The van der Waals surface area contributed by atoms with Gasteiger partial charge in [0.15, 0.2) is 0 Å². The summed E-state index contributed by atoms with van der Waals surface area (Å²) in [7, 11) is 1.48. The van der Waals surface area contributed by atoms with Gasteiger partial charge in [0.2, 0.25) is 0 Å². The van der Waals surface area contributed by atoms with E-state index in [9.17, 15) is 8.78 Å². The zero-order valence-electron chi connectivity index (χ0n) is 9.47. The van der Waals surface area contributed by atoms with Gasteiger partial charge in [-0.15, -0.1) is 0 Å². The summed E-state index contributed by atoms with van der Waals surface area (Å²) in [5.74, 6) is -3.10. The first-order valence-corrected chi connectivity index (χ1v) is 5.86. The Morgan fingerprint density at radius 2 is 2.24 bits per heavy atom. The van der Waals surface area contributed by atoms with Crippen molar-refractivity contribution in [2.45, 2.75) is 12.3 Å². The lowest BCUT2D eigenvalue weighted by atomic mass is 9.93. The van der Waals surface area contributed by atoms with E-state index in [1.165, 1.54) is 25.3 Å². The van der Waals surface area contributed by atoms with E-state index in [2.05, 4.69) is 5.32 Å². The van der Waals surface area contributed by atoms with Crippen LogP contribution in [0.2, 0.25) is 5.02 Å².